The zero-order valence-corrected chi connectivity index (χ0v) is 16.6. The number of amides is 1. The van der Waals surface area contributed by atoms with E-state index in [4.69, 9.17) is 0 Å². The smallest absolute Gasteiger partial charge is 0.270 e. The van der Waals surface area contributed by atoms with Crippen LogP contribution in [0.3, 0.4) is 0 Å². The van der Waals surface area contributed by atoms with Crippen molar-refractivity contribution in [1.82, 2.24) is 9.88 Å². The number of hydrogen-bond acceptors (Lipinski definition) is 3. The van der Waals surface area contributed by atoms with Crippen LogP contribution in [0.15, 0.2) is 36.4 Å². The van der Waals surface area contributed by atoms with Crippen LogP contribution >= 0.6 is 0 Å². The molecule has 1 saturated heterocycles. The lowest BCUT2D eigenvalue weighted by Crippen LogP contribution is -2.45. The molecular formula is C22H27F2N3O. The maximum Gasteiger partial charge on any atom is 0.270 e. The summed E-state index contributed by atoms with van der Waals surface area (Å²) in [6, 6.07) is 10.3. The fourth-order valence-electron chi connectivity index (χ4n) is 3.70. The van der Waals surface area contributed by atoms with Gasteiger partial charge in [0.05, 0.1) is 12.1 Å². The Morgan fingerprint density at radius 2 is 1.96 bits per heavy atom. The second kappa shape index (κ2) is 8.25. The quantitative estimate of drug-likeness (QED) is 0.824. The van der Waals surface area contributed by atoms with Gasteiger partial charge in [-0.3, -0.25) is 9.78 Å². The van der Waals surface area contributed by atoms with Crippen molar-refractivity contribution in [3.05, 3.63) is 58.9 Å². The van der Waals surface area contributed by atoms with Gasteiger partial charge in [-0.05, 0) is 56.5 Å². The van der Waals surface area contributed by atoms with Gasteiger partial charge in [0.25, 0.3) is 5.92 Å². The number of benzene rings is 1. The third-order valence-electron chi connectivity index (χ3n) is 5.02. The van der Waals surface area contributed by atoms with E-state index >= 15 is 0 Å². The number of carbonyl (C=O) groups is 1. The molecule has 1 fully saturated rings. The first kappa shape index (κ1) is 20.2. The summed E-state index contributed by atoms with van der Waals surface area (Å²) in [4.78, 5) is 19.0. The average Bonchev–Trinajstić information content (AvgIpc) is 2.61. The number of nitrogens with one attached hydrogen (secondary N) is 1. The molecule has 0 radical (unpaired) electrons. The Hall–Kier alpha value is -2.50. The minimum Gasteiger partial charge on any atom is -0.381 e. The SMILES string of the molecule is Cc1cc(C)nc(CC(=O)N2CCCC(Nc3ccc(C(C)(F)F)cc3)C2)c1. The van der Waals surface area contributed by atoms with E-state index in [1.807, 2.05) is 30.9 Å². The molecule has 150 valence electrons. The Kier molecular flexibility index (Phi) is 5.96. The molecule has 0 bridgehead atoms. The van der Waals surface area contributed by atoms with E-state index in [1.54, 1.807) is 12.1 Å². The molecule has 4 nitrogen and oxygen atoms in total. The highest BCUT2D eigenvalue weighted by Crippen LogP contribution is 2.28. The average molecular weight is 387 g/mol. The molecule has 6 heteroatoms. The maximum absolute atomic E-state index is 13.3. The number of rotatable bonds is 5. The summed E-state index contributed by atoms with van der Waals surface area (Å²) >= 11 is 0. The van der Waals surface area contributed by atoms with Crippen LogP contribution in [0.4, 0.5) is 14.5 Å². The van der Waals surface area contributed by atoms with E-state index in [9.17, 15) is 13.6 Å². The summed E-state index contributed by atoms with van der Waals surface area (Å²) in [5, 5.41) is 3.37. The molecule has 1 aliphatic rings. The van der Waals surface area contributed by atoms with Gasteiger partial charge >= 0.3 is 0 Å². The van der Waals surface area contributed by atoms with Crippen LogP contribution in [0.5, 0.6) is 0 Å². The predicted molar refractivity (Wildman–Crippen MR) is 107 cm³/mol. The minimum absolute atomic E-state index is 0.000513. The van der Waals surface area contributed by atoms with Gasteiger partial charge in [-0.15, -0.1) is 0 Å². The summed E-state index contributed by atoms with van der Waals surface area (Å²) in [5.41, 5.74) is 3.62. The molecule has 1 aromatic carbocycles. The van der Waals surface area contributed by atoms with E-state index in [-0.39, 0.29) is 17.5 Å². The van der Waals surface area contributed by atoms with Crippen molar-refractivity contribution in [3.8, 4) is 0 Å². The van der Waals surface area contributed by atoms with Gasteiger partial charge < -0.3 is 10.2 Å². The Labute approximate surface area is 165 Å². The number of aryl methyl sites for hydroxylation is 2. The number of alkyl halides is 2. The number of carbonyl (C=O) groups excluding carboxylic acids is 1. The van der Waals surface area contributed by atoms with Crippen molar-refractivity contribution in [2.75, 3.05) is 18.4 Å². The molecule has 0 aliphatic carbocycles. The Morgan fingerprint density at radius 1 is 1.25 bits per heavy atom. The summed E-state index contributed by atoms with van der Waals surface area (Å²) in [7, 11) is 0. The van der Waals surface area contributed by atoms with Crippen LogP contribution in [0.2, 0.25) is 0 Å². The third-order valence-corrected chi connectivity index (χ3v) is 5.02. The maximum atomic E-state index is 13.3. The highest BCUT2D eigenvalue weighted by molar-refractivity contribution is 5.78. The Bertz CT molecular complexity index is 810. The summed E-state index contributed by atoms with van der Waals surface area (Å²) in [6.07, 6.45) is 2.15. The van der Waals surface area contributed by atoms with Crippen LogP contribution in [0, 0.1) is 13.8 Å². The van der Waals surface area contributed by atoms with Crippen molar-refractivity contribution in [3.63, 3.8) is 0 Å². The number of halogens is 2. The number of hydrogen-bond donors (Lipinski definition) is 1. The van der Waals surface area contributed by atoms with Crippen molar-refractivity contribution in [1.29, 1.82) is 0 Å². The van der Waals surface area contributed by atoms with Gasteiger partial charge in [0.2, 0.25) is 5.91 Å². The monoisotopic (exact) mass is 387 g/mol. The molecular weight excluding hydrogens is 360 g/mol. The van der Waals surface area contributed by atoms with Crippen molar-refractivity contribution >= 4 is 11.6 Å². The number of aromatic nitrogens is 1. The predicted octanol–water partition coefficient (Wildman–Crippen LogP) is 4.46. The van der Waals surface area contributed by atoms with Gasteiger partial charge in [0.15, 0.2) is 0 Å². The van der Waals surface area contributed by atoms with Crippen molar-refractivity contribution < 1.29 is 13.6 Å². The van der Waals surface area contributed by atoms with Gasteiger partial charge in [-0.1, -0.05) is 12.1 Å². The fourth-order valence-corrected chi connectivity index (χ4v) is 3.70. The van der Waals surface area contributed by atoms with Crippen molar-refractivity contribution in [2.24, 2.45) is 0 Å². The topological polar surface area (TPSA) is 45.2 Å². The molecule has 0 saturated carbocycles. The van der Waals surface area contributed by atoms with Gasteiger partial charge in [-0.25, -0.2) is 8.78 Å². The van der Waals surface area contributed by atoms with Crippen LogP contribution in [0.1, 0.15) is 42.3 Å². The van der Waals surface area contributed by atoms with Crippen LogP contribution in [-0.2, 0) is 17.1 Å². The lowest BCUT2D eigenvalue weighted by atomic mass is 10.0. The molecule has 3 rings (SSSR count). The van der Waals surface area contributed by atoms with E-state index in [0.717, 1.165) is 48.9 Å². The van der Waals surface area contributed by atoms with Crippen LogP contribution < -0.4 is 5.32 Å². The molecule has 2 aromatic rings. The Balaban J connectivity index is 1.59. The zero-order valence-electron chi connectivity index (χ0n) is 16.6. The largest absolute Gasteiger partial charge is 0.381 e. The standard InChI is InChI=1S/C22H27F2N3O/c1-15-11-16(2)25-20(12-15)13-21(28)27-10-4-5-19(14-27)26-18-8-6-17(7-9-18)22(3,23)24/h6-9,11-12,19,26H,4-5,10,13-14H2,1-3H3. The molecule has 28 heavy (non-hydrogen) atoms. The second-order valence-corrected chi connectivity index (χ2v) is 7.74. The second-order valence-electron chi connectivity index (χ2n) is 7.74. The van der Waals surface area contributed by atoms with Gasteiger partial charge in [0, 0.05) is 43.0 Å². The molecule has 1 unspecified atom stereocenters. The number of likely N-dealkylation sites (tertiary alicyclic amines) is 1. The molecule has 1 amide bonds. The molecule has 0 spiro atoms. The number of pyridine rings is 1. The normalized spacial score (nSPS) is 17.5. The lowest BCUT2D eigenvalue weighted by molar-refractivity contribution is -0.131. The minimum atomic E-state index is -2.84. The zero-order chi connectivity index (χ0) is 20.3. The van der Waals surface area contributed by atoms with E-state index in [0.29, 0.717) is 13.0 Å². The summed E-state index contributed by atoms with van der Waals surface area (Å²) < 4.78 is 26.7. The number of anilines is 1. The van der Waals surface area contributed by atoms with E-state index in [2.05, 4.69) is 10.3 Å². The lowest BCUT2D eigenvalue weighted by Gasteiger charge is -2.34. The van der Waals surface area contributed by atoms with E-state index in [1.165, 1.54) is 12.1 Å². The molecule has 2 heterocycles. The molecule has 1 atom stereocenters. The van der Waals surface area contributed by atoms with Crippen LogP contribution in [-0.4, -0.2) is 34.9 Å². The Morgan fingerprint density at radius 3 is 2.61 bits per heavy atom. The number of nitrogens with zero attached hydrogens (tertiary/aromatic N) is 2. The van der Waals surface area contributed by atoms with Crippen LogP contribution in [0.25, 0.3) is 0 Å². The molecule has 1 aromatic heterocycles. The molecule has 1 aliphatic heterocycles. The highest BCUT2D eigenvalue weighted by Gasteiger charge is 2.25. The van der Waals surface area contributed by atoms with Gasteiger partial charge in [0.1, 0.15) is 0 Å². The highest BCUT2D eigenvalue weighted by atomic mass is 19.3. The first-order chi connectivity index (χ1) is 13.2. The first-order valence-electron chi connectivity index (χ1n) is 9.67. The molecule has 1 N–H and O–H groups in total. The third kappa shape index (κ3) is 5.27. The van der Waals surface area contributed by atoms with Gasteiger partial charge in [-0.2, -0.15) is 0 Å². The first-order valence-corrected chi connectivity index (χ1v) is 9.67. The van der Waals surface area contributed by atoms with Crippen molar-refractivity contribution in [2.45, 2.75) is 52.0 Å². The fraction of sp³-hybridized carbons (Fsp3) is 0.455. The summed E-state index contributed by atoms with van der Waals surface area (Å²) in [5.74, 6) is -2.76. The summed E-state index contributed by atoms with van der Waals surface area (Å²) in [6.45, 7) is 6.17. The number of piperidine rings is 1. The van der Waals surface area contributed by atoms with E-state index < -0.39 is 5.92 Å².